The van der Waals surface area contributed by atoms with E-state index in [-0.39, 0.29) is 5.79 Å². The Morgan fingerprint density at radius 3 is 2.36 bits per heavy atom. The molecular formula is C20H30N2O3. The number of ether oxygens (including phenoxy) is 3. The predicted octanol–water partition coefficient (Wildman–Crippen LogP) is 2.34. The number of hydrogen-bond acceptors (Lipinski definition) is 5. The summed E-state index contributed by atoms with van der Waals surface area (Å²) in [6.07, 6.45) is 4.24. The van der Waals surface area contributed by atoms with Crippen molar-refractivity contribution >= 4 is 0 Å². The van der Waals surface area contributed by atoms with Gasteiger partial charge in [0, 0.05) is 44.6 Å². The fourth-order valence-corrected chi connectivity index (χ4v) is 4.28. The highest BCUT2D eigenvalue weighted by Gasteiger charge is 2.40. The van der Waals surface area contributed by atoms with Crippen molar-refractivity contribution in [2.24, 2.45) is 0 Å². The zero-order valence-electron chi connectivity index (χ0n) is 15.0. The smallest absolute Gasteiger partial charge is 0.168 e. The van der Waals surface area contributed by atoms with Gasteiger partial charge in [-0.1, -0.05) is 30.3 Å². The van der Waals surface area contributed by atoms with Crippen molar-refractivity contribution in [2.75, 3.05) is 46.1 Å². The van der Waals surface area contributed by atoms with E-state index in [1.165, 1.54) is 5.56 Å². The Kier molecular flexibility index (Phi) is 5.68. The Bertz CT molecular complexity index is 517. The molecule has 5 heteroatoms. The molecule has 4 rings (SSSR count). The third-order valence-electron chi connectivity index (χ3n) is 5.74. The maximum atomic E-state index is 5.87. The van der Waals surface area contributed by atoms with Crippen molar-refractivity contribution < 1.29 is 14.2 Å². The molecule has 0 amide bonds. The standard InChI is InChI=1S/C20H30N2O3/c1-2-4-17(5-3-1)19(16-22-10-12-23-13-11-22)21-18-6-8-20(9-7-18)24-14-15-25-20/h1-5,18-19,21H,6-16H2. The van der Waals surface area contributed by atoms with Gasteiger partial charge < -0.3 is 19.5 Å². The molecule has 1 atom stereocenters. The first-order valence-corrected chi connectivity index (χ1v) is 9.72. The lowest BCUT2D eigenvalue weighted by Gasteiger charge is -2.38. The summed E-state index contributed by atoms with van der Waals surface area (Å²) in [5, 5.41) is 3.93. The summed E-state index contributed by atoms with van der Waals surface area (Å²) in [7, 11) is 0. The molecule has 1 N–H and O–H groups in total. The minimum absolute atomic E-state index is 0.273. The van der Waals surface area contributed by atoms with Crippen LogP contribution in [0.4, 0.5) is 0 Å². The predicted molar refractivity (Wildman–Crippen MR) is 96.5 cm³/mol. The molecule has 138 valence electrons. The molecule has 1 spiro atoms. The quantitative estimate of drug-likeness (QED) is 0.886. The number of hydrogen-bond donors (Lipinski definition) is 1. The highest BCUT2D eigenvalue weighted by Crippen LogP contribution is 2.36. The monoisotopic (exact) mass is 346 g/mol. The molecule has 0 aromatic heterocycles. The number of nitrogens with one attached hydrogen (secondary N) is 1. The topological polar surface area (TPSA) is 43.0 Å². The van der Waals surface area contributed by atoms with Crippen LogP contribution in [0.25, 0.3) is 0 Å². The van der Waals surface area contributed by atoms with Crippen molar-refractivity contribution in [1.82, 2.24) is 10.2 Å². The summed E-state index contributed by atoms with van der Waals surface area (Å²) < 4.78 is 17.2. The normalized spacial score (nSPS) is 26.1. The van der Waals surface area contributed by atoms with Gasteiger partial charge in [0.15, 0.2) is 5.79 Å². The SMILES string of the molecule is c1ccc(C(CN2CCOCC2)NC2CCC3(CC2)OCCO3)cc1. The van der Waals surface area contributed by atoms with E-state index in [0.29, 0.717) is 12.1 Å². The highest BCUT2D eigenvalue weighted by atomic mass is 16.7. The summed E-state index contributed by atoms with van der Waals surface area (Å²) in [5.41, 5.74) is 1.38. The molecule has 1 aliphatic carbocycles. The average Bonchev–Trinajstić information content (AvgIpc) is 3.13. The second-order valence-corrected chi connectivity index (χ2v) is 7.42. The maximum absolute atomic E-state index is 5.87. The van der Waals surface area contributed by atoms with Crippen molar-refractivity contribution in [3.63, 3.8) is 0 Å². The number of morpholine rings is 1. The molecule has 3 fully saturated rings. The number of nitrogens with zero attached hydrogens (tertiary/aromatic N) is 1. The van der Waals surface area contributed by atoms with Crippen molar-refractivity contribution in [2.45, 2.75) is 43.6 Å². The molecule has 1 aromatic rings. The second-order valence-electron chi connectivity index (χ2n) is 7.42. The van der Waals surface area contributed by atoms with Gasteiger partial charge in [0.2, 0.25) is 0 Å². The molecule has 5 nitrogen and oxygen atoms in total. The van der Waals surface area contributed by atoms with Gasteiger partial charge in [0.1, 0.15) is 0 Å². The Balaban J connectivity index is 1.38. The second kappa shape index (κ2) is 8.14. The van der Waals surface area contributed by atoms with E-state index in [1.807, 2.05) is 0 Å². The summed E-state index contributed by atoms with van der Waals surface area (Å²) in [6, 6.07) is 11.7. The fraction of sp³-hybridized carbons (Fsp3) is 0.700. The van der Waals surface area contributed by atoms with Gasteiger partial charge in [0.25, 0.3) is 0 Å². The molecule has 2 heterocycles. The first kappa shape index (κ1) is 17.4. The van der Waals surface area contributed by atoms with Gasteiger partial charge in [-0.3, -0.25) is 4.90 Å². The molecule has 2 aliphatic heterocycles. The van der Waals surface area contributed by atoms with Crippen molar-refractivity contribution in [3.8, 4) is 0 Å². The van der Waals surface area contributed by atoms with Crippen LogP contribution in [-0.2, 0) is 14.2 Å². The van der Waals surface area contributed by atoms with E-state index in [2.05, 4.69) is 40.5 Å². The first-order valence-electron chi connectivity index (χ1n) is 9.72. The Hall–Kier alpha value is -0.980. The lowest BCUT2D eigenvalue weighted by molar-refractivity contribution is -0.179. The molecule has 2 saturated heterocycles. The van der Waals surface area contributed by atoms with Gasteiger partial charge in [0.05, 0.1) is 26.4 Å². The van der Waals surface area contributed by atoms with Crippen LogP contribution < -0.4 is 5.32 Å². The average molecular weight is 346 g/mol. The van der Waals surface area contributed by atoms with Crippen LogP contribution in [-0.4, -0.2) is 62.8 Å². The third kappa shape index (κ3) is 4.41. The highest BCUT2D eigenvalue weighted by molar-refractivity contribution is 5.19. The van der Waals surface area contributed by atoms with Gasteiger partial charge in [-0.15, -0.1) is 0 Å². The molecule has 25 heavy (non-hydrogen) atoms. The summed E-state index contributed by atoms with van der Waals surface area (Å²) in [4.78, 5) is 2.52. The Morgan fingerprint density at radius 2 is 1.68 bits per heavy atom. The molecule has 1 saturated carbocycles. The van der Waals surface area contributed by atoms with E-state index in [0.717, 1.165) is 71.7 Å². The van der Waals surface area contributed by atoms with E-state index in [1.54, 1.807) is 0 Å². The van der Waals surface area contributed by atoms with E-state index in [4.69, 9.17) is 14.2 Å². The van der Waals surface area contributed by atoms with Gasteiger partial charge in [-0.25, -0.2) is 0 Å². The van der Waals surface area contributed by atoms with Crippen LogP contribution in [0.5, 0.6) is 0 Å². The van der Waals surface area contributed by atoms with Crippen molar-refractivity contribution in [1.29, 1.82) is 0 Å². The van der Waals surface area contributed by atoms with Crippen LogP contribution in [0.15, 0.2) is 30.3 Å². The number of benzene rings is 1. The maximum Gasteiger partial charge on any atom is 0.168 e. The molecule has 1 aromatic carbocycles. The largest absolute Gasteiger partial charge is 0.379 e. The lowest BCUT2D eigenvalue weighted by atomic mass is 9.89. The van der Waals surface area contributed by atoms with Crippen LogP contribution in [0.3, 0.4) is 0 Å². The van der Waals surface area contributed by atoms with Crippen LogP contribution in [0, 0.1) is 0 Å². The fourth-order valence-electron chi connectivity index (χ4n) is 4.28. The van der Waals surface area contributed by atoms with E-state index < -0.39 is 0 Å². The Labute approximate surface area is 150 Å². The summed E-state index contributed by atoms with van der Waals surface area (Å²) in [5.74, 6) is -0.273. The van der Waals surface area contributed by atoms with Crippen molar-refractivity contribution in [3.05, 3.63) is 35.9 Å². The third-order valence-corrected chi connectivity index (χ3v) is 5.74. The Morgan fingerprint density at radius 1 is 1.00 bits per heavy atom. The van der Waals surface area contributed by atoms with Gasteiger partial charge in [-0.2, -0.15) is 0 Å². The lowest BCUT2D eigenvalue weighted by Crippen LogP contribution is -2.47. The molecular weight excluding hydrogens is 316 g/mol. The molecule has 3 aliphatic rings. The summed E-state index contributed by atoms with van der Waals surface area (Å²) in [6.45, 7) is 6.30. The zero-order chi connectivity index (χ0) is 17.0. The van der Waals surface area contributed by atoms with E-state index in [9.17, 15) is 0 Å². The van der Waals surface area contributed by atoms with Gasteiger partial charge >= 0.3 is 0 Å². The first-order chi connectivity index (χ1) is 12.3. The number of rotatable bonds is 5. The zero-order valence-corrected chi connectivity index (χ0v) is 15.0. The summed E-state index contributed by atoms with van der Waals surface area (Å²) >= 11 is 0. The van der Waals surface area contributed by atoms with E-state index >= 15 is 0 Å². The molecule has 0 bridgehead atoms. The molecule has 1 unspecified atom stereocenters. The minimum atomic E-state index is -0.273. The molecule has 0 radical (unpaired) electrons. The minimum Gasteiger partial charge on any atom is -0.379 e. The van der Waals surface area contributed by atoms with Crippen LogP contribution >= 0.6 is 0 Å². The van der Waals surface area contributed by atoms with Crippen LogP contribution in [0.1, 0.15) is 37.3 Å². The van der Waals surface area contributed by atoms with Gasteiger partial charge in [-0.05, 0) is 18.4 Å². The van der Waals surface area contributed by atoms with Crippen LogP contribution in [0.2, 0.25) is 0 Å².